The van der Waals surface area contributed by atoms with Gasteiger partial charge in [-0.05, 0) is 36.8 Å². The first-order valence-electron chi connectivity index (χ1n) is 7.89. The predicted molar refractivity (Wildman–Crippen MR) is 91.4 cm³/mol. The molecular weight excluding hydrogens is 341 g/mol. The zero-order chi connectivity index (χ0) is 18.3. The van der Waals surface area contributed by atoms with Crippen molar-refractivity contribution in [2.24, 2.45) is 0 Å². The van der Waals surface area contributed by atoms with Crippen LogP contribution in [0.4, 0.5) is 13.2 Å². The van der Waals surface area contributed by atoms with Gasteiger partial charge < -0.3 is 0 Å². The van der Waals surface area contributed by atoms with Gasteiger partial charge in [0.1, 0.15) is 0 Å². The van der Waals surface area contributed by atoms with Crippen molar-refractivity contribution < 1.29 is 13.2 Å². The first-order valence-corrected chi connectivity index (χ1v) is 7.89. The number of alkyl halides is 3. The molecule has 0 saturated carbocycles. The molecule has 4 aromatic rings. The highest BCUT2D eigenvalue weighted by molar-refractivity contribution is 5.65. The molecule has 26 heavy (non-hydrogen) atoms. The number of fused-ring (bicyclic) bond motifs is 1. The standard InChI is InChI=1S/C19H13F3N4/c1-12-4-2-3-5-15(12)18-24-23-17-11-10-16(25-26(17)18)13-6-8-14(9-7-13)19(20,21)22/h2-11H,1H3. The smallest absolute Gasteiger partial charge is 0.192 e. The van der Waals surface area contributed by atoms with E-state index in [1.807, 2.05) is 31.2 Å². The van der Waals surface area contributed by atoms with E-state index in [9.17, 15) is 13.2 Å². The molecular formula is C19H13F3N4. The highest BCUT2D eigenvalue weighted by atomic mass is 19.4. The number of hydrogen-bond donors (Lipinski definition) is 0. The maximum absolute atomic E-state index is 12.7. The van der Waals surface area contributed by atoms with Gasteiger partial charge in [-0.15, -0.1) is 10.2 Å². The van der Waals surface area contributed by atoms with Gasteiger partial charge in [-0.1, -0.05) is 36.4 Å². The van der Waals surface area contributed by atoms with E-state index in [2.05, 4.69) is 15.3 Å². The summed E-state index contributed by atoms with van der Waals surface area (Å²) in [6, 6.07) is 16.1. The second kappa shape index (κ2) is 5.94. The van der Waals surface area contributed by atoms with Crippen molar-refractivity contribution in [2.45, 2.75) is 13.1 Å². The van der Waals surface area contributed by atoms with Crippen LogP contribution < -0.4 is 0 Å². The van der Waals surface area contributed by atoms with Crippen LogP contribution in [0.15, 0.2) is 60.7 Å². The molecule has 0 saturated heterocycles. The number of aryl methyl sites for hydroxylation is 1. The van der Waals surface area contributed by atoms with Crippen molar-refractivity contribution in [1.29, 1.82) is 0 Å². The van der Waals surface area contributed by atoms with E-state index in [0.29, 0.717) is 22.7 Å². The minimum Gasteiger partial charge on any atom is -0.192 e. The van der Waals surface area contributed by atoms with Gasteiger partial charge in [0.2, 0.25) is 0 Å². The molecule has 0 aliphatic heterocycles. The van der Waals surface area contributed by atoms with Crippen molar-refractivity contribution in [1.82, 2.24) is 19.8 Å². The molecule has 4 nitrogen and oxygen atoms in total. The van der Waals surface area contributed by atoms with Gasteiger partial charge in [-0.3, -0.25) is 0 Å². The van der Waals surface area contributed by atoms with Gasteiger partial charge in [-0.2, -0.15) is 22.8 Å². The molecule has 7 heteroatoms. The third kappa shape index (κ3) is 2.81. The van der Waals surface area contributed by atoms with Crippen LogP contribution in [0.1, 0.15) is 11.1 Å². The number of nitrogens with zero attached hydrogens (tertiary/aromatic N) is 4. The van der Waals surface area contributed by atoms with Crippen molar-refractivity contribution in [3.8, 4) is 22.6 Å². The number of benzene rings is 2. The van der Waals surface area contributed by atoms with Crippen molar-refractivity contribution in [2.75, 3.05) is 0 Å². The monoisotopic (exact) mass is 354 g/mol. The van der Waals surface area contributed by atoms with Crippen LogP contribution in [0.5, 0.6) is 0 Å². The fourth-order valence-electron chi connectivity index (χ4n) is 2.76. The second-order valence-corrected chi connectivity index (χ2v) is 5.90. The van der Waals surface area contributed by atoms with Crippen LogP contribution >= 0.6 is 0 Å². The summed E-state index contributed by atoms with van der Waals surface area (Å²) in [7, 11) is 0. The summed E-state index contributed by atoms with van der Waals surface area (Å²) in [4.78, 5) is 0. The van der Waals surface area contributed by atoms with E-state index in [-0.39, 0.29) is 0 Å². The van der Waals surface area contributed by atoms with Gasteiger partial charge in [0.15, 0.2) is 11.5 Å². The van der Waals surface area contributed by atoms with Gasteiger partial charge in [0, 0.05) is 11.1 Å². The van der Waals surface area contributed by atoms with Crippen molar-refractivity contribution in [3.63, 3.8) is 0 Å². The average Bonchev–Trinajstić information content (AvgIpc) is 3.04. The normalized spacial score (nSPS) is 11.8. The Balaban J connectivity index is 1.81. The van der Waals surface area contributed by atoms with Gasteiger partial charge in [-0.25, -0.2) is 0 Å². The van der Waals surface area contributed by atoms with Gasteiger partial charge in [0.05, 0.1) is 11.3 Å². The first kappa shape index (κ1) is 16.3. The summed E-state index contributed by atoms with van der Waals surface area (Å²) >= 11 is 0. The molecule has 130 valence electrons. The van der Waals surface area contributed by atoms with Gasteiger partial charge in [0.25, 0.3) is 0 Å². The summed E-state index contributed by atoms with van der Waals surface area (Å²) in [5.74, 6) is 0.590. The fraction of sp³-hybridized carbons (Fsp3) is 0.105. The Bertz CT molecular complexity index is 1080. The molecule has 0 fully saturated rings. The van der Waals surface area contributed by atoms with E-state index in [1.54, 1.807) is 16.6 Å². The Morgan fingerprint density at radius 3 is 2.27 bits per heavy atom. The Morgan fingerprint density at radius 2 is 1.58 bits per heavy atom. The van der Waals surface area contributed by atoms with Crippen LogP contribution in [-0.4, -0.2) is 19.8 Å². The summed E-state index contributed by atoms with van der Waals surface area (Å²) in [6.07, 6.45) is -4.36. The van der Waals surface area contributed by atoms with Crippen LogP contribution in [0.2, 0.25) is 0 Å². The number of rotatable bonds is 2. The van der Waals surface area contributed by atoms with Crippen LogP contribution in [-0.2, 0) is 6.18 Å². The molecule has 0 aliphatic carbocycles. The lowest BCUT2D eigenvalue weighted by Gasteiger charge is -2.08. The maximum Gasteiger partial charge on any atom is 0.416 e. The number of halogens is 3. The summed E-state index contributed by atoms with van der Waals surface area (Å²) < 4.78 is 39.8. The quantitative estimate of drug-likeness (QED) is 0.520. The minimum absolute atomic E-state index is 0.542. The minimum atomic E-state index is -4.36. The molecule has 0 unspecified atom stereocenters. The summed E-state index contributed by atoms with van der Waals surface area (Å²) in [6.45, 7) is 1.97. The molecule has 4 rings (SSSR count). The fourth-order valence-corrected chi connectivity index (χ4v) is 2.76. The first-order chi connectivity index (χ1) is 12.4. The van der Waals surface area contributed by atoms with Crippen LogP contribution in [0, 0.1) is 6.92 Å². The van der Waals surface area contributed by atoms with E-state index in [1.165, 1.54) is 12.1 Å². The zero-order valence-electron chi connectivity index (χ0n) is 13.7. The molecule has 0 amide bonds. The molecule has 0 N–H and O–H groups in total. The highest BCUT2D eigenvalue weighted by Crippen LogP contribution is 2.31. The Kier molecular flexibility index (Phi) is 3.72. The topological polar surface area (TPSA) is 43.1 Å². The lowest BCUT2D eigenvalue weighted by molar-refractivity contribution is -0.137. The predicted octanol–water partition coefficient (Wildman–Crippen LogP) is 4.79. The molecule has 2 aromatic carbocycles. The lowest BCUT2D eigenvalue weighted by atomic mass is 10.1. The molecule has 0 atom stereocenters. The largest absolute Gasteiger partial charge is 0.416 e. The summed E-state index contributed by atoms with van der Waals surface area (Å²) in [5, 5.41) is 12.9. The Hall–Kier alpha value is -3.22. The molecule has 0 radical (unpaired) electrons. The summed E-state index contributed by atoms with van der Waals surface area (Å²) in [5.41, 5.74) is 2.94. The third-order valence-electron chi connectivity index (χ3n) is 4.16. The van der Waals surface area contributed by atoms with E-state index < -0.39 is 11.7 Å². The molecule has 2 aromatic heterocycles. The van der Waals surface area contributed by atoms with E-state index >= 15 is 0 Å². The van der Waals surface area contributed by atoms with Crippen LogP contribution in [0.3, 0.4) is 0 Å². The second-order valence-electron chi connectivity index (χ2n) is 5.90. The molecule has 0 aliphatic rings. The van der Waals surface area contributed by atoms with Crippen LogP contribution in [0.25, 0.3) is 28.3 Å². The SMILES string of the molecule is Cc1ccccc1-c1nnc2ccc(-c3ccc(C(F)(F)F)cc3)nn12. The maximum atomic E-state index is 12.7. The molecule has 0 spiro atoms. The van der Waals surface area contributed by atoms with E-state index in [0.717, 1.165) is 23.3 Å². The molecule has 0 bridgehead atoms. The molecule has 2 heterocycles. The Labute approximate surface area is 146 Å². The Morgan fingerprint density at radius 1 is 0.846 bits per heavy atom. The highest BCUT2D eigenvalue weighted by Gasteiger charge is 2.30. The van der Waals surface area contributed by atoms with Crippen molar-refractivity contribution in [3.05, 3.63) is 71.8 Å². The number of aromatic nitrogens is 4. The third-order valence-corrected chi connectivity index (χ3v) is 4.16. The average molecular weight is 354 g/mol. The lowest BCUT2D eigenvalue weighted by Crippen LogP contribution is -2.04. The number of hydrogen-bond acceptors (Lipinski definition) is 3. The zero-order valence-corrected chi connectivity index (χ0v) is 13.7. The van der Waals surface area contributed by atoms with E-state index in [4.69, 9.17) is 0 Å². The van der Waals surface area contributed by atoms with Gasteiger partial charge >= 0.3 is 6.18 Å². The van der Waals surface area contributed by atoms with Crippen molar-refractivity contribution >= 4 is 5.65 Å².